The van der Waals surface area contributed by atoms with Crippen LogP contribution in [0.25, 0.3) is 6.08 Å². The second-order valence-electron chi connectivity index (χ2n) is 3.31. The van der Waals surface area contributed by atoms with Crippen molar-refractivity contribution in [1.29, 1.82) is 0 Å². The van der Waals surface area contributed by atoms with Gasteiger partial charge in [0.05, 0.1) is 0 Å². The van der Waals surface area contributed by atoms with Crippen LogP contribution >= 0.6 is 0 Å². The number of carbonyl (C=O) groups excluding carboxylic acids is 1. The number of anilines is 1. The largest absolute Gasteiger partial charge is 0.478 e. The maximum atomic E-state index is 13.3. The quantitative estimate of drug-likeness (QED) is 0.789. The van der Waals surface area contributed by atoms with E-state index in [9.17, 15) is 14.0 Å². The third-order valence-corrected chi connectivity index (χ3v) is 2.01. The summed E-state index contributed by atoms with van der Waals surface area (Å²) < 4.78 is 13.3. The molecular weight excluding hydrogens is 225 g/mol. The van der Waals surface area contributed by atoms with Gasteiger partial charge in [-0.3, -0.25) is 4.79 Å². The number of nitrogens with one attached hydrogen (secondary N) is 1. The van der Waals surface area contributed by atoms with Gasteiger partial charge >= 0.3 is 5.97 Å². The fourth-order valence-corrected chi connectivity index (χ4v) is 1.16. The number of hydrogen-bond donors (Lipinski definition) is 2. The van der Waals surface area contributed by atoms with Gasteiger partial charge < -0.3 is 10.4 Å². The Morgan fingerprint density at radius 3 is 2.76 bits per heavy atom. The zero-order chi connectivity index (χ0) is 12.8. The van der Waals surface area contributed by atoms with Crippen LogP contribution in [0.5, 0.6) is 0 Å². The number of benzene rings is 1. The summed E-state index contributed by atoms with van der Waals surface area (Å²) in [5, 5.41) is 11.0. The molecule has 0 spiro atoms. The minimum Gasteiger partial charge on any atom is -0.478 e. The third kappa shape index (κ3) is 4.06. The van der Waals surface area contributed by atoms with E-state index in [1.807, 2.05) is 0 Å². The van der Waals surface area contributed by atoms with Crippen LogP contribution in [0.15, 0.2) is 24.3 Å². The maximum Gasteiger partial charge on any atom is 0.328 e. The van der Waals surface area contributed by atoms with E-state index in [0.717, 1.165) is 12.2 Å². The molecule has 0 saturated carbocycles. The minimum atomic E-state index is -1.16. The Kier molecular flexibility index (Phi) is 4.39. The second-order valence-corrected chi connectivity index (χ2v) is 3.31. The summed E-state index contributed by atoms with van der Waals surface area (Å²) in [6.45, 7) is 1.70. The van der Waals surface area contributed by atoms with Crippen LogP contribution in [-0.4, -0.2) is 17.0 Å². The number of carboxylic acids is 1. The van der Waals surface area contributed by atoms with E-state index in [-0.39, 0.29) is 11.5 Å². The zero-order valence-corrected chi connectivity index (χ0v) is 9.24. The fourth-order valence-electron chi connectivity index (χ4n) is 1.16. The van der Waals surface area contributed by atoms with Gasteiger partial charge in [-0.1, -0.05) is 6.92 Å². The molecule has 0 saturated heterocycles. The molecule has 1 rings (SSSR count). The lowest BCUT2D eigenvalue weighted by Gasteiger charge is -2.05. The van der Waals surface area contributed by atoms with Crippen LogP contribution in [0.4, 0.5) is 10.1 Å². The first-order valence-corrected chi connectivity index (χ1v) is 5.03. The Labute approximate surface area is 97.8 Å². The van der Waals surface area contributed by atoms with Crippen molar-refractivity contribution in [3.8, 4) is 0 Å². The molecule has 90 valence electrons. The van der Waals surface area contributed by atoms with Crippen molar-refractivity contribution >= 4 is 23.6 Å². The molecule has 17 heavy (non-hydrogen) atoms. The summed E-state index contributed by atoms with van der Waals surface area (Å²) in [6, 6.07) is 3.97. The summed E-state index contributed by atoms with van der Waals surface area (Å²) >= 11 is 0. The molecule has 5 heteroatoms. The van der Waals surface area contributed by atoms with Crippen LogP contribution in [-0.2, 0) is 9.59 Å². The highest BCUT2D eigenvalue weighted by molar-refractivity contribution is 5.91. The fraction of sp³-hybridized carbons (Fsp3) is 0.167. The molecule has 0 unspecified atom stereocenters. The Balaban J connectivity index is 2.94. The van der Waals surface area contributed by atoms with Gasteiger partial charge in [0.1, 0.15) is 5.82 Å². The van der Waals surface area contributed by atoms with Crippen LogP contribution in [0, 0.1) is 5.82 Å². The third-order valence-electron chi connectivity index (χ3n) is 2.01. The normalized spacial score (nSPS) is 10.5. The van der Waals surface area contributed by atoms with Crippen LogP contribution in [0.2, 0.25) is 0 Å². The molecule has 1 aromatic carbocycles. The van der Waals surface area contributed by atoms with Crippen molar-refractivity contribution in [2.45, 2.75) is 13.3 Å². The molecule has 1 amide bonds. The zero-order valence-electron chi connectivity index (χ0n) is 9.24. The lowest BCUT2D eigenvalue weighted by atomic mass is 10.1. The van der Waals surface area contributed by atoms with Crippen molar-refractivity contribution in [2.75, 3.05) is 5.32 Å². The van der Waals surface area contributed by atoms with Crippen molar-refractivity contribution < 1.29 is 19.1 Å². The summed E-state index contributed by atoms with van der Waals surface area (Å²) in [7, 11) is 0. The topological polar surface area (TPSA) is 66.4 Å². The first-order chi connectivity index (χ1) is 8.02. The van der Waals surface area contributed by atoms with E-state index in [1.54, 1.807) is 6.92 Å². The van der Waals surface area contributed by atoms with Crippen LogP contribution in [0.3, 0.4) is 0 Å². The average molecular weight is 237 g/mol. The predicted molar refractivity (Wildman–Crippen MR) is 62.0 cm³/mol. The molecule has 2 N–H and O–H groups in total. The molecule has 4 nitrogen and oxygen atoms in total. The van der Waals surface area contributed by atoms with Gasteiger partial charge in [-0.05, 0) is 24.3 Å². The number of halogens is 1. The number of hydrogen-bond acceptors (Lipinski definition) is 2. The standard InChI is InChI=1S/C12H12FNO3/c1-2-11(15)14-9-4-5-10(13)8(7-9)3-6-12(16)17/h3-7H,2H2,1H3,(H,14,15)(H,16,17)/b6-3+. The number of rotatable bonds is 4. The Morgan fingerprint density at radius 2 is 2.18 bits per heavy atom. The van der Waals surface area contributed by atoms with E-state index < -0.39 is 11.8 Å². The van der Waals surface area contributed by atoms with Gasteiger partial charge in [0.15, 0.2) is 0 Å². The maximum absolute atomic E-state index is 13.3. The molecule has 0 aromatic heterocycles. The molecule has 0 bridgehead atoms. The molecule has 0 atom stereocenters. The second kappa shape index (κ2) is 5.79. The van der Waals surface area contributed by atoms with Gasteiger partial charge in [-0.15, -0.1) is 0 Å². The summed E-state index contributed by atoms with van der Waals surface area (Å²) in [5.41, 5.74) is 0.546. The SMILES string of the molecule is CCC(=O)Nc1ccc(F)c(/C=C/C(=O)O)c1. The van der Waals surface area contributed by atoms with Crippen molar-refractivity contribution in [1.82, 2.24) is 0 Å². The highest BCUT2D eigenvalue weighted by Gasteiger charge is 2.03. The first kappa shape index (κ1) is 12.9. The molecule has 0 heterocycles. The smallest absolute Gasteiger partial charge is 0.328 e. The van der Waals surface area contributed by atoms with E-state index in [1.165, 1.54) is 18.2 Å². The van der Waals surface area contributed by atoms with Gasteiger partial charge in [-0.2, -0.15) is 0 Å². The van der Waals surface area contributed by atoms with E-state index in [0.29, 0.717) is 12.1 Å². The predicted octanol–water partition coefficient (Wildman–Crippen LogP) is 2.27. The molecule has 1 aromatic rings. The lowest BCUT2D eigenvalue weighted by molar-refractivity contribution is -0.131. The molecule has 0 fully saturated rings. The highest BCUT2D eigenvalue weighted by Crippen LogP contribution is 2.16. The van der Waals surface area contributed by atoms with Gasteiger partial charge in [0.25, 0.3) is 0 Å². The number of aliphatic carboxylic acids is 1. The van der Waals surface area contributed by atoms with Gasteiger partial charge in [0.2, 0.25) is 5.91 Å². The number of carboxylic acid groups (broad SMARTS) is 1. The highest BCUT2D eigenvalue weighted by atomic mass is 19.1. The van der Waals surface area contributed by atoms with Gasteiger partial charge in [0, 0.05) is 23.7 Å². The monoisotopic (exact) mass is 237 g/mol. The Morgan fingerprint density at radius 1 is 1.47 bits per heavy atom. The van der Waals surface area contributed by atoms with Crippen molar-refractivity contribution in [3.05, 3.63) is 35.7 Å². The minimum absolute atomic E-state index is 0.112. The Bertz CT molecular complexity index is 469. The van der Waals surface area contributed by atoms with E-state index >= 15 is 0 Å². The number of amides is 1. The molecular formula is C12H12FNO3. The molecule has 0 aliphatic carbocycles. The van der Waals surface area contributed by atoms with Crippen LogP contribution in [0.1, 0.15) is 18.9 Å². The molecule has 0 radical (unpaired) electrons. The molecule has 0 aliphatic heterocycles. The lowest BCUT2D eigenvalue weighted by Crippen LogP contribution is -2.09. The summed E-state index contributed by atoms with van der Waals surface area (Å²) in [6.07, 6.45) is 2.29. The van der Waals surface area contributed by atoms with E-state index in [2.05, 4.69) is 5.32 Å². The number of carbonyl (C=O) groups is 2. The summed E-state index contributed by atoms with van der Waals surface area (Å²) in [5.74, 6) is -1.89. The first-order valence-electron chi connectivity index (χ1n) is 5.03. The van der Waals surface area contributed by atoms with E-state index in [4.69, 9.17) is 5.11 Å². The average Bonchev–Trinajstić information content (AvgIpc) is 2.29. The molecule has 0 aliphatic rings. The summed E-state index contributed by atoms with van der Waals surface area (Å²) in [4.78, 5) is 21.4. The van der Waals surface area contributed by atoms with Crippen LogP contribution < -0.4 is 5.32 Å². The van der Waals surface area contributed by atoms with Crippen molar-refractivity contribution in [2.24, 2.45) is 0 Å². The van der Waals surface area contributed by atoms with Crippen molar-refractivity contribution in [3.63, 3.8) is 0 Å². The Hall–Kier alpha value is -2.17. The van der Waals surface area contributed by atoms with Gasteiger partial charge in [-0.25, -0.2) is 9.18 Å².